The van der Waals surface area contributed by atoms with Crippen LogP contribution in [-0.4, -0.2) is 87.5 Å². The number of benzene rings is 5. The van der Waals surface area contributed by atoms with E-state index in [4.69, 9.17) is 0 Å². The molecular formula is C47H35F25Si2. The van der Waals surface area contributed by atoms with E-state index in [2.05, 4.69) is 22.9 Å². The van der Waals surface area contributed by atoms with Crippen molar-refractivity contribution in [1.29, 1.82) is 0 Å². The third kappa shape index (κ3) is 9.73. The molecule has 27 heteroatoms. The third-order valence-corrected chi connectivity index (χ3v) is 16.8. The lowest BCUT2D eigenvalue weighted by Gasteiger charge is -2.41. The highest BCUT2D eigenvalue weighted by atomic mass is 28.3. The van der Waals surface area contributed by atoms with E-state index in [-0.39, 0.29) is 32.7 Å². The molecule has 0 aliphatic rings. The first-order valence-corrected chi connectivity index (χ1v) is 27.5. The van der Waals surface area contributed by atoms with Gasteiger partial charge in [-0.3, -0.25) is 0 Å². The number of halogens is 25. The SMILES string of the molecule is CC(F)(F)C(F)(F)C(F)(F)C(F)(F)C(F)(F)C(F)(F)CC[Si](C)(C)C#Cc1c2cc3ccccc3cc2c(C#C[Si](C)(C)CCC(F)(F)C(F)(F)C(F)(F)C(F)(F)C(F)(F)C(F)(F)F)c2cc3ccccc3cc12. The Hall–Kier alpha value is -5.06. The molecule has 0 saturated heterocycles. The van der Waals surface area contributed by atoms with E-state index in [0.29, 0.717) is 21.5 Å². The predicted octanol–water partition coefficient (Wildman–Crippen LogP) is 17.8. The molecule has 5 rings (SSSR count). The summed E-state index contributed by atoms with van der Waals surface area (Å²) in [7, 11) is -7.74. The lowest BCUT2D eigenvalue weighted by atomic mass is 9.89. The fraction of sp³-hybridized carbons (Fsp3) is 0.447. The molecule has 0 bridgehead atoms. The van der Waals surface area contributed by atoms with Crippen LogP contribution in [0.25, 0.3) is 43.1 Å². The standard InChI is InChI=1S/C47H35F25Si2/c1-36(48,49)39(54,55)42(60,61)43(62,63)40(56,57)37(50,51)16-20-73(2,3)18-14-30-32-22-26-10-6-8-12-28(26)24-34(32)31(35-25-29-13-9-7-11-27(29)23-33(30)35)15-19-74(4,5)21-17-38(52,53)41(58,59)44(64,65)45(66,67)46(68,69)47(70,71)72/h6-13,22-25H,16-17,20-21H2,1-5H3. The number of alkyl halides is 25. The Balaban J connectivity index is 1.63. The molecule has 0 atom stereocenters. The lowest BCUT2D eigenvalue weighted by Crippen LogP contribution is -2.70. The van der Waals surface area contributed by atoms with Crippen molar-refractivity contribution in [2.45, 2.75) is 129 Å². The molecule has 0 unspecified atom stereocenters. The largest absolute Gasteiger partial charge is 0.460 e. The van der Waals surface area contributed by atoms with E-state index in [0.717, 1.165) is 26.2 Å². The summed E-state index contributed by atoms with van der Waals surface area (Å²) in [6.45, 7) is 3.40. The monoisotopic (exact) mass is 1130 g/mol. The fourth-order valence-corrected chi connectivity index (χ4v) is 10.5. The van der Waals surface area contributed by atoms with Gasteiger partial charge in [-0.05, 0) is 79.4 Å². The van der Waals surface area contributed by atoms with Gasteiger partial charge in [0.1, 0.15) is 16.1 Å². The number of rotatable bonds is 15. The smallest absolute Gasteiger partial charge is 0.200 e. The van der Waals surface area contributed by atoms with Crippen molar-refractivity contribution in [1.82, 2.24) is 0 Å². The quantitative estimate of drug-likeness (QED) is 0.0424. The molecule has 0 N–H and O–H groups in total. The zero-order valence-corrected chi connectivity index (χ0v) is 40.2. The van der Waals surface area contributed by atoms with Crippen LogP contribution in [0.15, 0.2) is 72.8 Å². The topological polar surface area (TPSA) is 0 Å². The van der Waals surface area contributed by atoms with E-state index in [1.807, 2.05) is 0 Å². The van der Waals surface area contributed by atoms with E-state index in [1.54, 1.807) is 48.5 Å². The number of fused-ring (bicyclic) bond motifs is 4. The minimum atomic E-state index is -8.09. The fourth-order valence-electron chi connectivity index (χ4n) is 7.41. The van der Waals surface area contributed by atoms with Gasteiger partial charge >= 0.3 is 71.3 Å². The molecule has 0 amide bonds. The maximum atomic E-state index is 15.0. The molecule has 0 aliphatic carbocycles. The van der Waals surface area contributed by atoms with Crippen LogP contribution in [0.1, 0.15) is 30.9 Å². The predicted molar refractivity (Wildman–Crippen MR) is 230 cm³/mol. The lowest BCUT2D eigenvalue weighted by molar-refractivity contribution is -0.439. The minimum absolute atomic E-state index is 0.00204. The van der Waals surface area contributed by atoms with Gasteiger partial charge in [-0.2, -0.15) is 110 Å². The molecule has 406 valence electrons. The van der Waals surface area contributed by atoms with Gasteiger partial charge in [-0.15, -0.1) is 11.1 Å². The molecule has 0 heterocycles. The first-order valence-electron chi connectivity index (χ1n) is 21.1. The van der Waals surface area contributed by atoms with Gasteiger partial charge in [0.15, 0.2) is 0 Å². The van der Waals surface area contributed by atoms with E-state index < -0.39 is 119 Å². The van der Waals surface area contributed by atoms with Gasteiger partial charge < -0.3 is 0 Å². The van der Waals surface area contributed by atoms with Crippen molar-refractivity contribution in [2.24, 2.45) is 0 Å². The van der Waals surface area contributed by atoms with Crippen molar-refractivity contribution in [3.8, 4) is 22.9 Å². The zero-order chi connectivity index (χ0) is 56.9. The molecule has 0 spiro atoms. The number of hydrogen-bond acceptors (Lipinski definition) is 0. The Morgan fingerprint density at radius 1 is 0.351 bits per heavy atom. The first-order chi connectivity index (χ1) is 33.0. The maximum absolute atomic E-state index is 15.0. The third-order valence-electron chi connectivity index (χ3n) is 12.2. The summed E-state index contributed by atoms with van der Waals surface area (Å²) in [4.78, 5) is 0. The van der Waals surface area contributed by atoms with Crippen molar-refractivity contribution in [3.05, 3.63) is 83.9 Å². The Morgan fingerprint density at radius 3 is 0.838 bits per heavy atom. The van der Waals surface area contributed by atoms with Crippen molar-refractivity contribution in [3.63, 3.8) is 0 Å². The van der Waals surface area contributed by atoms with Crippen LogP contribution in [0.2, 0.25) is 38.3 Å². The average Bonchev–Trinajstić information content (AvgIpc) is 3.26. The van der Waals surface area contributed by atoms with Crippen molar-refractivity contribution in [2.75, 3.05) is 0 Å². The second-order valence-corrected chi connectivity index (χ2v) is 27.9. The molecule has 0 aliphatic heterocycles. The average molecular weight is 1130 g/mol. The van der Waals surface area contributed by atoms with Gasteiger partial charge in [0.25, 0.3) is 0 Å². The van der Waals surface area contributed by atoms with Crippen LogP contribution in [0.5, 0.6) is 0 Å². The normalized spacial score (nSPS) is 14.9. The Bertz CT molecular complexity index is 2780. The molecule has 0 nitrogen and oxygen atoms in total. The summed E-state index contributed by atoms with van der Waals surface area (Å²) in [5.41, 5.74) is 5.26. The van der Waals surface area contributed by atoms with E-state index in [9.17, 15) is 101 Å². The van der Waals surface area contributed by atoms with Crippen molar-refractivity contribution < 1.29 is 110 Å². The number of hydrogen-bond donors (Lipinski definition) is 0. The van der Waals surface area contributed by atoms with E-state index in [1.165, 1.54) is 24.3 Å². The summed E-state index contributed by atoms with van der Waals surface area (Å²) >= 11 is 0. The molecular weight excluding hydrogens is 1100 g/mol. The van der Waals surface area contributed by atoms with Gasteiger partial charge in [0.2, 0.25) is 0 Å². The van der Waals surface area contributed by atoms with E-state index >= 15 is 8.78 Å². The van der Waals surface area contributed by atoms with Crippen LogP contribution in [0.3, 0.4) is 0 Å². The van der Waals surface area contributed by atoms with Crippen LogP contribution in [0, 0.1) is 22.9 Å². The zero-order valence-electron chi connectivity index (χ0n) is 38.2. The molecule has 0 radical (unpaired) electrons. The first kappa shape index (κ1) is 59.8. The molecule has 5 aromatic rings. The summed E-state index contributed by atoms with van der Waals surface area (Å²) in [6.07, 6.45) is -12.5. The summed E-state index contributed by atoms with van der Waals surface area (Å²) in [5, 5.41) is 2.33. The van der Waals surface area contributed by atoms with Crippen LogP contribution < -0.4 is 0 Å². The van der Waals surface area contributed by atoms with Crippen LogP contribution in [0.4, 0.5) is 110 Å². The second kappa shape index (κ2) is 18.3. The summed E-state index contributed by atoms with van der Waals surface area (Å²) in [5.74, 6) is -74.8. The van der Waals surface area contributed by atoms with Gasteiger partial charge in [0.05, 0.1) is 0 Å². The molecule has 5 aromatic carbocycles. The summed E-state index contributed by atoms with van der Waals surface area (Å²) in [6, 6.07) is 16.0. The Labute approximate surface area is 404 Å². The van der Waals surface area contributed by atoms with Crippen molar-refractivity contribution >= 4 is 59.2 Å². The second-order valence-electron chi connectivity index (χ2n) is 18.9. The summed E-state index contributed by atoms with van der Waals surface area (Å²) < 4.78 is 351. The molecule has 0 fully saturated rings. The molecule has 74 heavy (non-hydrogen) atoms. The molecule has 0 saturated carbocycles. The van der Waals surface area contributed by atoms with Gasteiger partial charge in [-0.1, -0.05) is 86.6 Å². The van der Waals surface area contributed by atoms with Crippen LogP contribution in [-0.2, 0) is 0 Å². The highest BCUT2D eigenvalue weighted by molar-refractivity contribution is 6.85. The van der Waals surface area contributed by atoms with Gasteiger partial charge in [0, 0.05) is 30.9 Å². The maximum Gasteiger partial charge on any atom is 0.460 e. The Kier molecular flexibility index (Phi) is 14.8. The minimum Gasteiger partial charge on any atom is -0.200 e. The highest BCUT2D eigenvalue weighted by Crippen LogP contribution is 2.62. The van der Waals surface area contributed by atoms with Gasteiger partial charge in [-0.25, -0.2) is 0 Å². The Morgan fingerprint density at radius 2 is 0.595 bits per heavy atom. The van der Waals surface area contributed by atoms with Crippen LogP contribution >= 0.6 is 0 Å². The highest BCUT2D eigenvalue weighted by Gasteiger charge is 2.91. The molecule has 0 aromatic heterocycles.